The second-order valence-corrected chi connectivity index (χ2v) is 6.64. The minimum atomic E-state index is 0. The fourth-order valence-electron chi connectivity index (χ4n) is 3.81. The van der Waals surface area contributed by atoms with Gasteiger partial charge in [-0.05, 0) is 0 Å². The first kappa shape index (κ1) is 24.0. The molecule has 0 saturated heterocycles. The molecule has 0 fully saturated rings. The Morgan fingerprint density at radius 1 is 0.400 bits per heavy atom. The first-order valence-electron chi connectivity index (χ1n) is 9.21. The number of hydrogen-bond acceptors (Lipinski definition) is 0. The molecule has 0 aliphatic carbocycles. The van der Waals surface area contributed by atoms with Crippen LogP contribution in [0, 0.1) is 14.9 Å². The SMILES string of the molecule is [CH3-].[CH3-].[Si]=[Zr].c1ccc2c(c1)[cH-]c1ccccc12.c1ccc2c(c1)[cH-]c1ccccc12. The molecule has 0 aromatic heterocycles. The topological polar surface area (TPSA) is 0 Å². The maximum Gasteiger partial charge on any atom is -0.0771 e. The molecule has 0 heterocycles. The summed E-state index contributed by atoms with van der Waals surface area (Å²) >= 11 is 1.36. The standard InChI is InChI=1S/2C13H9.2CH3.Si.Zr/c2*1-3-7-12-10(5-1)9-11-6-2-4-8-13(11)12;;;;/h2*1-9H;2*1H3;;/q4*-1;;. The van der Waals surface area contributed by atoms with Crippen molar-refractivity contribution < 1.29 is 23.3 Å². The van der Waals surface area contributed by atoms with Gasteiger partial charge in [-0.1, -0.05) is 72.8 Å². The fraction of sp³-hybridized carbons (Fsp3) is 0. The van der Waals surface area contributed by atoms with Crippen LogP contribution >= 0.6 is 0 Å². The number of fused-ring (bicyclic) bond motifs is 6. The quantitative estimate of drug-likeness (QED) is 0.153. The van der Waals surface area contributed by atoms with E-state index in [2.05, 4.69) is 116 Å². The molecular formula is C28H24SiZr-4. The van der Waals surface area contributed by atoms with Crippen LogP contribution < -0.4 is 0 Å². The Morgan fingerprint density at radius 2 is 0.600 bits per heavy atom. The zero-order chi connectivity index (χ0) is 19.3. The van der Waals surface area contributed by atoms with Crippen molar-refractivity contribution in [1.82, 2.24) is 0 Å². The van der Waals surface area contributed by atoms with E-state index in [1.165, 1.54) is 66.4 Å². The molecule has 0 amide bonds. The summed E-state index contributed by atoms with van der Waals surface area (Å²) in [6, 6.07) is 38.5. The Balaban J connectivity index is 0.000000186. The average molecular weight is 480 g/mol. The molecule has 0 aliphatic rings. The molecule has 2 heteroatoms. The molecule has 0 atom stereocenters. The maximum absolute atomic E-state index is 3.06. The van der Waals surface area contributed by atoms with Gasteiger partial charge >= 0.3 is 30.2 Å². The van der Waals surface area contributed by atoms with E-state index in [9.17, 15) is 0 Å². The molecule has 0 bridgehead atoms. The van der Waals surface area contributed by atoms with E-state index in [1.54, 1.807) is 0 Å². The molecular weight excluding hydrogens is 456 g/mol. The molecule has 0 saturated carbocycles. The van der Waals surface area contributed by atoms with Gasteiger partial charge in [-0.15, -0.1) is 79.5 Å². The van der Waals surface area contributed by atoms with Gasteiger partial charge in [0.15, 0.2) is 0 Å². The van der Waals surface area contributed by atoms with Crippen LogP contribution in [-0.4, -0.2) is 6.88 Å². The number of hydrogen-bond donors (Lipinski definition) is 0. The summed E-state index contributed by atoms with van der Waals surface area (Å²) in [6.07, 6.45) is 0. The third kappa shape index (κ3) is 4.72. The Hall–Kier alpha value is -2.28. The van der Waals surface area contributed by atoms with Gasteiger partial charge in [-0.25, -0.2) is 0 Å². The van der Waals surface area contributed by atoms with Gasteiger partial charge in [-0.2, -0.15) is 0 Å². The van der Waals surface area contributed by atoms with Crippen molar-refractivity contribution in [3.8, 4) is 0 Å². The smallest absolute Gasteiger partial charge is 0.0771 e. The van der Waals surface area contributed by atoms with E-state index in [0.29, 0.717) is 0 Å². The predicted molar refractivity (Wildman–Crippen MR) is 133 cm³/mol. The van der Waals surface area contributed by atoms with Gasteiger partial charge in [-0.3, -0.25) is 0 Å². The monoisotopic (exact) mass is 478 g/mol. The van der Waals surface area contributed by atoms with Crippen molar-refractivity contribution in [2.24, 2.45) is 0 Å². The summed E-state index contributed by atoms with van der Waals surface area (Å²) in [5.41, 5.74) is 0. The second kappa shape index (κ2) is 11.2. The molecule has 0 spiro atoms. The molecule has 0 nitrogen and oxygen atoms in total. The summed E-state index contributed by atoms with van der Waals surface area (Å²) in [5.74, 6) is 0. The van der Waals surface area contributed by atoms with Crippen molar-refractivity contribution in [2.75, 3.05) is 0 Å². The Morgan fingerprint density at radius 3 is 0.833 bits per heavy atom. The number of rotatable bonds is 0. The van der Waals surface area contributed by atoms with Crippen LogP contribution in [0.4, 0.5) is 0 Å². The molecule has 148 valence electrons. The van der Waals surface area contributed by atoms with Crippen LogP contribution in [0.25, 0.3) is 43.1 Å². The third-order valence-corrected chi connectivity index (χ3v) is 5.05. The molecule has 6 rings (SSSR count). The summed E-state index contributed by atoms with van der Waals surface area (Å²) in [6.45, 7) is 3.06. The van der Waals surface area contributed by atoms with E-state index < -0.39 is 0 Å². The predicted octanol–water partition coefficient (Wildman–Crippen LogP) is 7.94. The van der Waals surface area contributed by atoms with Crippen molar-refractivity contribution >= 4 is 50.0 Å². The Labute approximate surface area is 196 Å². The fourth-order valence-corrected chi connectivity index (χ4v) is 3.81. The maximum atomic E-state index is 3.06. The van der Waals surface area contributed by atoms with Gasteiger partial charge in [0.1, 0.15) is 0 Å². The van der Waals surface area contributed by atoms with Crippen LogP contribution in [0.2, 0.25) is 0 Å². The minimum absolute atomic E-state index is 0. The van der Waals surface area contributed by atoms with E-state index in [0.717, 1.165) is 0 Å². The van der Waals surface area contributed by atoms with Gasteiger partial charge in [0, 0.05) is 0 Å². The molecule has 0 aliphatic heterocycles. The van der Waals surface area contributed by atoms with Gasteiger partial charge in [0.2, 0.25) is 0 Å². The van der Waals surface area contributed by atoms with Gasteiger partial charge in [0.05, 0.1) is 0 Å². The molecule has 2 radical (unpaired) electrons. The van der Waals surface area contributed by atoms with Crippen molar-refractivity contribution in [1.29, 1.82) is 0 Å². The Kier molecular flexibility index (Phi) is 8.96. The van der Waals surface area contributed by atoms with Crippen LogP contribution in [0.1, 0.15) is 0 Å². The molecule has 30 heavy (non-hydrogen) atoms. The Bertz CT molecular complexity index is 1150. The second-order valence-electron chi connectivity index (χ2n) is 6.64. The summed E-state index contributed by atoms with van der Waals surface area (Å²) in [7, 11) is 0. The first-order chi connectivity index (χ1) is 13.9. The first-order valence-corrected chi connectivity index (χ1v) is 13.4. The van der Waals surface area contributed by atoms with Gasteiger partial charge < -0.3 is 14.9 Å². The summed E-state index contributed by atoms with van der Waals surface area (Å²) in [5, 5.41) is 10.8. The van der Waals surface area contributed by atoms with Crippen LogP contribution in [0.15, 0.2) is 109 Å². The van der Waals surface area contributed by atoms with E-state index in [1.807, 2.05) is 0 Å². The van der Waals surface area contributed by atoms with Crippen LogP contribution in [-0.2, 0) is 23.3 Å². The molecule has 0 N–H and O–H groups in total. The average Bonchev–Trinajstić information content (AvgIpc) is 3.34. The van der Waals surface area contributed by atoms with E-state index in [-0.39, 0.29) is 14.9 Å². The largest absolute Gasteiger partial charge is 0.126 e. The van der Waals surface area contributed by atoms with Crippen molar-refractivity contribution in [2.45, 2.75) is 0 Å². The van der Waals surface area contributed by atoms with E-state index >= 15 is 0 Å². The van der Waals surface area contributed by atoms with E-state index in [4.69, 9.17) is 0 Å². The van der Waals surface area contributed by atoms with Crippen molar-refractivity contribution in [3.05, 3.63) is 124 Å². The summed E-state index contributed by atoms with van der Waals surface area (Å²) in [4.78, 5) is 0. The zero-order valence-electron chi connectivity index (χ0n) is 17.4. The third-order valence-electron chi connectivity index (χ3n) is 5.05. The zero-order valence-corrected chi connectivity index (χ0v) is 20.9. The summed E-state index contributed by atoms with van der Waals surface area (Å²) < 4.78 is 0. The molecule has 6 aromatic carbocycles. The number of benzene rings is 4. The normalized spacial score (nSPS) is 9.70. The molecule has 6 aromatic rings. The van der Waals surface area contributed by atoms with Crippen LogP contribution in [0.5, 0.6) is 0 Å². The van der Waals surface area contributed by atoms with Crippen molar-refractivity contribution in [3.63, 3.8) is 0 Å². The van der Waals surface area contributed by atoms with Gasteiger partial charge in [0.25, 0.3) is 0 Å². The molecule has 0 unspecified atom stereocenters. The van der Waals surface area contributed by atoms with Crippen LogP contribution in [0.3, 0.4) is 0 Å². The minimum Gasteiger partial charge on any atom is -0.126 e.